The Hall–Kier alpha value is -2.02. The van der Waals surface area contributed by atoms with E-state index < -0.39 is 35.7 Å². The minimum Gasteiger partial charge on any atom is -0.480 e. The van der Waals surface area contributed by atoms with Crippen molar-refractivity contribution in [3.8, 4) is 0 Å². The first-order valence-corrected chi connectivity index (χ1v) is 4.98. The highest BCUT2D eigenvalue weighted by atomic mass is 19.1. The number of aliphatic carboxylic acids is 1. The summed E-state index contributed by atoms with van der Waals surface area (Å²) in [6, 6.07) is 0.955. The van der Waals surface area contributed by atoms with Crippen LogP contribution in [0.1, 0.15) is 18.6 Å². The zero-order valence-corrected chi connectivity index (χ0v) is 9.35. The Balaban J connectivity index is 2.83. The van der Waals surface area contributed by atoms with Crippen molar-refractivity contribution in [2.24, 2.45) is 0 Å². The fourth-order valence-corrected chi connectivity index (χ4v) is 1.24. The highest BCUT2D eigenvalue weighted by molar-refractivity contribution is 5.86. The number of aliphatic hydroxyl groups is 1. The van der Waals surface area contributed by atoms with Gasteiger partial charge in [0.15, 0.2) is 6.10 Å². The van der Waals surface area contributed by atoms with E-state index in [1.165, 1.54) is 6.92 Å². The van der Waals surface area contributed by atoms with Crippen molar-refractivity contribution in [3.05, 3.63) is 35.4 Å². The monoisotopic (exact) mass is 259 g/mol. The summed E-state index contributed by atoms with van der Waals surface area (Å²) in [7, 11) is 0. The van der Waals surface area contributed by atoms with Gasteiger partial charge in [0, 0.05) is 6.07 Å². The largest absolute Gasteiger partial charge is 0.480 e. The molecule has 0 saturated heterocycles. The van der Waals surface area contributed by atoms with Crippen molar-refractivity contribution in [1.82, 2.24) is 5.32 Å². The lowest BCUT2D eigenvalue weighted by atomic mass is 10.1. The standard InChI is InChI=1S/C11H11F2NO4/c1-5(11(17)18)14-10(16)9(15)6-2-7(12)4-8(13)3-6/h2-5,9,15H,1H3,(H,14,16)(H,17,18)/t5-,9?/m0/s1. The Morgan fingerprint density at radius 1 is 1.22 bits per heavy atom. The van der Waals surface area contributed by atoms with Crippen LogP contribution in [0.2, 0.25) is 0 Å². The lowest BCUT2D eigenvalue weighted by Crippen LogP contribution is -2.41. The summed E-state index contributed by atoms with van der Waals surface area (Å²) in [5.74, 6) is -4.22. The minimum absolute atomic E-state index is 0.289. The van der Waals surface area contributed by atoms with E-state index in [0.29, 0.717) is 6.07 Å². The molecular formula is C11H11F2NO4. The molecular weight excluding hydrogens is 248 g/mol. The molecule has 18 heavy (non-hydrogen) atoms. The Bertz CT molecular complexity index is 458. The molecule has 0 heterocycles. The Kier molecular flexibility index (Phi) is 4.33. The number of carboxylic acid groups (broad SMARTS) is 1. The normalized spacial score (nSPS) is 13.8. The second-order valence-corrected chi connectivity index (χ2v) is 3.67. The van der Waals surface area contributed by atoms with Gasteiger partial charge in [0.2, 0.25) is 0 Å². The van der Waals surface area contributed by atoms with Gasteiger partial charge in [-0.3, -0.25) is 9.59 Å². The molecule has 0 saturated carbocycles. The van der Waals surface area contributed by atoms with Crippen molar-refractivity contribution in [2.45, 2.75) is 19.1 Å². The number of benzene rings is 1. The van der Waals surface area contributed by atoms with E-state index in [-0.39, 0.29) is 5.56 Å². The molecule has 1 amide bonds. The van der Waals surface area contributed by atoms with E-state index in [1.807, 2.05) is 5.32 Å². The average molecular weight is 259 g/mol. The van der Waals surface area contributed by atoms with Gasteiger partial charge in [-0.15, -0.1) is 0 Å². The van der Waals surface area contributed by atoms with Gasteiger partial charge < -0.3 is 15.5 Å². The molecule has 0 spiro atoms. The van der Waals surface area contributed by atoms with Crippen LogP contribution in [0.4, 0.5) is 8.78 Å². The molecule has 0 bridgehead atoms. The molecule has 0 aliphatic carbocycles. The summed E-state index contributed by atoms with van der Waals surface area (Å²) in [4.78, 5) is 21.9. The van der Waals surface area contributed by atoms with E-state index in [0.717, 1.165) is 12.1 Å². The van der Waals surface area contributed by atoms with Crippen molar-refractivity contribution < 1.29 is 28.6 Å². The molecule has 98 valence electrons. The number of halogens is 2. The predicted octanol–water partition coefficient (Wildman–Crippen LogP) is 0.587. The van der Waals surface area contributed by atoms with Gasteiger partial charge in [-0.1, -0.05) is 0 Å². The fraction of sp³-hybridized carbons (Fsp3) is 0.273. The number of aliphatic hydroxyl groups excluding tert-OH is 1. The maximum Gasteiger partial charge on any atom is 0.325 e. The van der Waals surface area contributed by atoms with E-state index in [2.05, 4.69) is 0 Å². The molecule has 2 atom stereocenters. The molecule has 0 aromatic heterocycles. The van der Waals surface area contributed by atoms with Gasteiger partial charge in [0.05, 0.1) is 0 Å². The molecule has 3 N–H and O–H groups in total. The van der Waals surface area contributed by atoms with Crippen molar-refractivity contribution >= 4 is 11.9 Å². The third kappa shape index (κ3) is 3.49. The first-order chi connectivity index (χ1) is 8.31. The van der Waals surface area contributed by atoms with Crippen LogP contribution >= 0.6 is 0 Å². The zero-order chi connectivity index (χ0) is 13.9. The van der Waals surface area contributed by atoms with Crippen LogP contribution in [-0.2, 0) is 9.59 Å². The van der Waals surface area contributed by atoms with Crippen LogP contribution in [0.5, 0.6) is 0 Å². The topological polar surface area (TPSA) is 86.6 Å². The van der Waals surface area contributed by atoms with Gasteiger partial charge in [-0.25, -0.2) is 8.78 Å². The van der Waals surface area contributed by atoms with Crippen LogP contribution in [-0.4, -0.2) is 28.1 Å². The number of hydrogen-bond acceptors (Lipinski definition) is 3. The molecule has 0 radical (unpaired) electrons. The summed E-state index contributed by atoms with van der Waals surface area (Å²) in [6.07, 6.45) is -1.84. The zero-order valence-electron chi connectivity index (χ0n) is 9.35. The lowest BCUT2D eigenvalue weighted by molar-refractivity contribution is -0.142. The van der Waals surface area contributed by atoms with Crippen LogP contribution < -0.4 is 5.32 Å². The third-order valence-corrected chi connectivity index (χ3v) is 2.18. The first-order valence-electron chi connectivity index (χ1n) is 4.98. The average Bonchev–Trinajstić information content (AvgIpc) is 2.26. The summed E-state index contributed by atoms with van der Waals surface area (Å²) < 4.78 is 25.7. The quantitative estimate of drug-likeness (QED) is 0.738. The number of carboxylic acids is 1. The second-order valence-electron chi connectivity index (χ2n) is 3.67. The summed E-state index contributed by atoms with van der Waals surface area (Å²) in [5.41, 5.74) is -0.289. The van der Waals surface area contributed by atoms with Gasteiger partial charge in [0.25, 0.3) is 5.91 Å². The molecule has 1 rings (SSSR count). The van der Waals surface area contributed by atoms with Crippen LogP contribution in [0.25, 0.3) is 0 Å². The smallest absolute Gasteiger partial charge is 0.325 e. The molecule has 1 unspecified atom stereocenters. The number of amides is 1. The highest BCUT2D eigenvalue weighted by Crippen LogP contribution is 2.16. The molecule has 1 aromatic rings. The van der Waals surface area contributed by atoms with Crippen molar-refractivity contribution in [2.75, 3.05) is 0 Å². The number of carbonyl (C=O) groups is 2. The highest BCUT2D eigenvalue weighted by Gasteiger charge is 2.22. The van der Waals surface area contributed by atoms with E-state index in [4.69, 9.17) is 5.11 Å². The van der Waals surface area contributed by atoms with E-state index >= 15 is 0 Å². The maximum absolute atomic E-state index is 12.9. The molecule has 5 nitrogen and oxygen atoms in total. The SMILES string of the molecule is C[C@H](NC(=O)C(O)c1cc(F)cc(F)c1)C(=O)O. The van der Waals surface area contributed by atoms with Crippen LogP contribution in [0.3, 0.4) is 0 Å². The third-order valence-electron chi connectivity index (χ3n) is 2.18. The van der Waals surface area contributed by atoms with Gasteiger partial charge in [-0.2, -0.15) is 0 Å². The lowest BCUT2D eigenvalue weighted by Gasteiger charge is -2.14. The summed E-state index contributed by atoms with van der Waals surface area (Å²) >= 11 is 0. The summed E-state index contributed by atoms with van der Waals surface area (Å²) in [5, 5.41) is 20.1. The molecule has 7 heteroatoms. The minimum atomic E-state index is -1.84. The molecule has 0 aliphatic heterocycles. The Morgan fingerprint density at radius 3 is 2.17 bits per heavy atom. The molecule has 0 aliphatic rings. The van der Waals surface area contributed by atoms with E-state index in [1.54, 1.807) is 0 Å². The van der Waals surface area contributed by atoms with Gasteiger partial charge >= 0.3 is 5.97 Å². The maximum atomic E-state index is 12.9. The second kappa shape index (κ2) is 5.54. The van der Waals surface area contributed by atoms with Crippen molar-refractivity contribution in [3.63, 3.8) is 0 Å². The predicted molar refractivity (Wildman–Crippen MR) is 56.6 cm³/mol. The van der Waals surface area contributed by atoms with Crippen LogP contribution in [0, 0.1) is 11.6 Å². The number of rotatable bonds is 4. The Morgan fingerprint density at radius 2 is 1.72 bits per heavy atom. The van der Waals surface area contributed by atoms with E-state index in [9.17, 15) is 23.5 Å². The summed E-state index contributed by atoms with van der Waals surface area (Å²) in [6.45, 7) is 1.19. The number of hydrogen-bond donors (Lipinski definition) is 3. The molecule has 0 fully saturated rings. The molecule has 1 aromatic carbocycles. The number of carbonyl (C=O) groups excluding carboxylic acids is 1. The van der Waals surface area contributed by atoms with Crippen molar-refractivity contribution in [1.29, 1.82) is 0 Å². The Labute approximate surface area is 101 Å². The van der Waals surface area contributed by atoms with Crippen LogP contribution in [0.15, 0.2) is 18.2 Å². The van der Waals surface area contributed by atoms with Gasteiger partial charge in [0.1, 0.15) is 17.7 Å². The first kappa shape index (κ1) is 14.0. The van der Waals surface area contributed by atoms with Gasteiger partial charge in [-0.05, 0) is 24.6 Å². The number of nitrogens with one attached hydrogen (secondary N) is 1. The fourth-order valence-electron chi connectivity index (χ4n) is 1.24.